The van der Waals surface area contributed by atoms with Gasteiger partial charge in [-0.3, -0.25) is 9.59 Å². The molecule has 1 N–H and O–H groups in total. The minimum Gasteiger partial charge on any atom is -0.384 e. The molecule has 4 heteroatoms. The van der Waals surface area contributed by atoms with Crippen LogP contribution in [0.1, 0.15) is 50.8 Å². The quantitative estimate of drug-likeness (QED) is 0.422. The molecule has 0 bridgehead atoms. The fourth-order valence-corrected chi connectivity index (χ4v) is 3.82. The van der Waals surface area contributed by atoms with E-state index in [0.29, 0.717) is 29.8 Å². The number of carbonyl (C=O) groups excluding carboxylic acids is 2. The van der Waals surface area contributed by atoms with Gasteiger partial charge in [0.1, 0.15) is 0 Å². The Morgan fingerprint density at radius 2 is 1.56 bits per heavy atom. The van der Waals surface area contributed by atoms with Gasteiger partial charge in [0.05, 0.1) is 0 Å². The van der Waals surface area contributed by atoms with Gasteiger partial charge >= 0.3 is 0 Å². The second-order valence-corrected chi connectivity index (χ2v) is 8.63. The average molecular weight is 430 g/mol. The first-order valence-corrected chi connectivity index (χ1v) is 10.9. The molecule has 0 radical (unpaired) electrons. The summed E-state index contributed by atoms with van der Waals surface area (Å²) in [6, 6.07) is 19.5. The van der Waals surface area contributed by atoms with Crippen LogP contribution in [0.3, 0.4) is 0 Å². The minimum atomic E-state index is -0.185. The molecule has 0 aliphatic carbocycles. The van der Waals surface area contributed by atoms with Crippen LogP contribution in [-0.4, -0.2) is 25.4 Å². The number of ether oxygens (including phenoxy) is 1. The molecule has 0 aromatic heterocycles. The van der Waals surface area contributed by atoms with Crippen molar-refractivity contribution >= 4 is 17.4 Å². The molecule has 0 aliphatic heterocycles. The fourth-order valence-electron chi connectivity index (χ4n) is 3.82. The number of nitrogens with one attached hydrogen (secondary N) is 1. The van der Waals surface area contributed by atoms with Gasteiger partial charge in [0.2, 0.25) is 0 Å². The van der Waals surface area contributed by atoms with E-state index in [2.05, 4.69) is 5.32 Å². The zero-order valence-electron chi connectivity index (χ0n) is 19.5. The summed E-state index contributed by atoms with van der Waals surface area (Å²) in [5.74, 6) is -0.0380. The van der Waals surface area contributed by atoms with Crippen molar-refractivity contribution in [2.75, 3.05) is 19.0 Å². The first kappa shape index (κ1) is 23.4. The summed E-state index contributed by atoms with van der Waals surface area (Å²) in [4.78, 5) is 26.0. The number of rotatable bonds is 8. The zero-order chi connectivity index (χ0) is 23.3. The highest BCUT2D eigenvalue weighted by Gasteiger charge is 2.16. The summed E-state index contributed by atoms with van der Waals surface area (Å²) >= 11 is 0. The summed E-state index contributed by atoms with van der Waals surface area (Å²) in [6.45, 7) is 8.49. The topological polar surface area (TPSA) is 55.4 Å². The van der Waals surface area contributed by atoms with Crippen LogP contribution in [0.25, 0.3) is 11.1 Å². The van der Waals surface area contributed by atoms with Gasteiger partial charge in [0.25, 0.3) is 5.91 Å². The number of methoxy groups -OCH3 is 1. The highest BCUT2D eigenvalue weighted by Crippen LogP contribution is 2.27. The van der Waals surface area contributed by atoms with Crippen molar-refractivity contribution in [3.05, 3.63) is 88.5 Å². The van der Waals surface area contributed by atoms with E-state index in [1.165, 1.54) is 0 Å². The Bertz CT molecular complexity index is 1120. The van der Waals surface area contributed by atoms with Crippen molar-refractivity contribution in [2.24, 2.45) is 5.92 Å². The van der Waals surface area contributed by atoms with E-state index < -0.39 is 0 Å². The number of Topliss-reactive ketones (excluding diaryl/α,β-unsaturated/α-hetero) is 1. The SMILES string of the molecule is COCC(C)CC(=O)c1cc(NC(=O)c2ccc(C)cc2C)cc(-c2ccc(C)cc2)c1. The first-order chi connectivity index (χ1) is 15.3. The maximum Gasteiger partial charge on any atom is 0.255 e. The van der Waals surface area contributed by atoms with E-state index in [4.69, 9.17) is 4.74 Å². The summed E-state index contributed by atoms with van der Waals surface area (Å²) in [6.07, 6.45) is 0.385. The molecule has 1 unspecified atom stereocenters. The van der Waals surface area contributed by atoms with Crippen molar-refractivity contribution in [3.8, 4) is 11.1 Å². The highest BCUT2D eigenvalue weighted by atomic mass is 16.5. The molecular weight excluding hydrogens is 398 g/mol. The number of aryl methyl sites for hydroxylation is 3. The second kappa shape index (κ2) is 10.4. The van der Waals surface area contributed by atoms with E-state index in [9.17, 15) is 9.59 Å². The van der Waals surface area contributed by atoms with Crippen molar-refractivity contribution < 1.29 is 14.3 Å². The third-order valence-electron chi connectivity index (χ3n) is 5.51. The molecule has 0 spiro atoms. The Morgan fingerprint density at radius 3 is 2.22 bits per heavy atom. The van der Waals surface area contributed by atoms with Crippen LogP contribution in [0.5, 0.6) is 0 Å². The molecule has 1 atom stereocenters. The molecular formula is C28H31NO3. The Morgan fingerprint density at radius 1 is 0.875 bits per heavy atom. The molecule has 0 heterocycles. The summed E-state index contributed by atoms with van der Waals surface area (Å²) in [5.41, 5.74) is 6.90. The van der Waals surface area contributed by atoms with Gasteiger partial charge in [0.15, 0.2) is 5.78 Å². The van der Waals surface area contributed by atoms with Gasteiger partial charge in [-0.2, -0.15) is 0 Å². The van der Waals surface area contributed by atoms with Gasteiger partial charge in [-0.25, -0.2) is 0 Å². The lowest BCUT2D eigenvalue weighted by molar-refractivity contribution is 0.0919. The molecule has 0 saturated heterocycles. The molecule has 3 aromatic rings. The maximum atomic E-state index is 13.0. The lowest BCUT2D eigenvalue weighted by atomic mass is 9.95. The van der Waals surface area contributed by atoms with E-state index in [0.717, 1.165) is 27.8 Å². The van der Waals surface area contributed by atoms with Gasteiger partial charge in [0, 0.05) is 37.0 Å². The van der Waals surface area contributed by atoms with Crippen LogP contribution in [0.4, 0.5) is 5.69 Å². The van der Waals surface area contributed by atoms with Crippen LogP contribution in [-0.2, 0) is 4.74 Å². The predicted molar refractivity (Wildman–Crippen MR) is 130 cm³/mol. The fraction of sp³-hybridized carbons (Fsp3) is 0.286. The number of benzene rings is 3. The molecule has 4 nitrogen and oxygen atoms in total. The lowest BCUT2D eigenvalue weighted by Gasteiger charge is -2.14. The minimum absolute atomic E-state index is 0.0329. The zero-order valence-corrected chi connectivity index (χ0v) is 19.5. The largest absolute Gasteiger partial charge is 0.384 e. The Balaban J connectivity index is 1.96. The molecule has 32 heavy (non-hydrogen) atoms. The van der Waals surface area contributed by atoms with Crippen LogP contribution in [0, 0.1) is 26.7 Å². The molecule has 3 aromatic carbocycles. The number of carbonyl (C=O) groups is 2. The van der Waals surface area contributed by atoms with Crippen LogP contribution >= 0.6 is 0 Å². The Hall–Kier alpha value is -3.24. The monoisotopic (exact) mass is 429 g/mol. The molecule has 0 aliphatic rings. The molecule has 1 amide bonds. The number of hydrogen-bond acceptors (Lipinski definition) is 3. The number of amides is 1. The number of anilines is 1. The number of ketones is 1. The Kier molecular flexibility index (Phi) is 7.60. The van der Waals surface area contributed by atoms with Crippen LogP contribution in [0.15, 0.2) is 60.7 Å². The smallest absolute Gasteiger partial charge is 0.255 e. The second-order valence-electron chi connectivity index (χ2n) is 8.63. The van der Waals surface area contributed by atoms with Crippen LogP contribution in [0.2, 0.25) is 0 Å². The standard InChI is InChI=1S/C28H31NO3/c1-18-6-9-22(10-7-18)23-14-24(27(30)13-20(3)17-32-5)16-25(15-23)29-28(31)26-11-8-19(2)12-21(26)4/h6-12,14-16,20H,13,17H2,1-5H3,(H,29,31). The van der Waals surface area contributed by atoms with E-state index in [1.54, 1.807) is 13.2 Å². The Labute approximate surface area is 190 Å². The summed E-state index contributed by atoms with van der Waals surface area (Å²) in [7, 11) is 1.64. The maximum absolute atomic E-state index is 13.0. The third kappa shape index (κ3) is 5.92. The summed E-state index contributed by atoms with van der Waals surface area (Å²) < 4.78 is 5.18. The molecule has 0 saturated carbocycles. The lowest BCUT2D eigenvalue weighted by Crippen LogP contribution is -2.15. The van der Waals surface area contributed by atoms with E-state index in [1.807, 2.05) is 82.3 Å². The van der Waals surface area contributed by atoms with E-state index >= 15 is 0 Å². The number of hydrogen-bond donors (Lipinski definition) is 1. The normalized spacial score (nSPS) is 11.8. The van der Waals surface area contributed by atoms with Gasteiger partial charge in [-0.05, 0) is 67.6 Å². The average Bonchev–Trinajstić information content (AvgIpc) is 2.74. The van der Waals surface area contributed by atoms with Gasteiger partial charge in [-0.1, -0.05) is 54.4 Å². The van der Waals surface area contributed by atoms with E-state index in [-0.39, 0.29) is 17.6 Å². The third-order valence-corrected chi connectivity index (χ3v) is 5.51. The highest BCUT2D eigenvalue weighted by molar-refractivity contribution is 6.06. The van der Waals surface area contributed by atoms with Gasteiger partial charge < -0.3 is 10.1 Å². The van der Waals surface area contributed by atoms with Crippen LogP contribution < -0.4 is 5.32 Å². The summed E-state index contributed by atoms with van der Waals surface area (Å²) in [5, 5.41) is 3.00. The molecule has 166 valence electrons. The van der Waals surface area contributed by atoms with Gasteiger partial charge in [-0.15, -0.1) is 0 Å². The molecule has 3 rings (SSSR count). The van der Waals surface area contributed by atoms with Crippen molar-refractivity contribution in [1.29, 1.82) is 0 Å². The van der Waals surface area contributed by atoms with Crippen molar-refractivity contribution in [3.63, 3.8) is 0 Å². The molecule has 0 fully saturated rings. The van der Waals surface area contributed by atoms with Crippen molar-refractivity contribution in [1.82, 2.24) is 0 Å². The first-order valence-electron chi connectivity index (χ1n) is 10.9. The predicted octanol–water partition coefficient (Wildman–Crippen LogP) is 6.39. The van der Waals surface area contributed by atoms with Crippen molar-refractivity contribution in [2.45, 2.75) is 34.1 Å².